The Kier molecular flexibility index (Phi) is 5.78. The fourth-order valence-electron chi connectivity index (χ4n) is 2.16. The topological polar surface area (TPSA) is 89.8 Å². The van der Waals surface area contributed by atoms with Gasteiger partial charge < -0.3 is 9.64 Å². The molecule has 0 atom stereocenters. The molecule has 2 aromatic rings. The number of halogens is 1. The first-order chi connectivity index (χ1) is 11.9. The number of likely N-dealkylation sites (N-methyl/N-ethyl adjacent to an activating group) is 1. The van der Waals surface area contributed by atoms with E-state index in [4.69, 9.17) is 4.74 Å². The third-order valence-electron chi connectivity index (χ3n) is 3.37. The van der Waals surface area contributed by atoms with Crippen molar-refractivity contribution >= 4 is 23.3 Å². The van der Waals surface area contributed by atoms with E-state index in [1.165, 1.54) is 47.4 Å². The largest absolute Gasteiger partial charge is 0.452 e. The highest BCUT2D eigenvalue weighted by Gasteiger charge is 2.18. The van der Waals surface area contributed by atoms with Crippen molar-refractivity contribution in [3.05, 3.63) is 70.0 Å². The van der Waals surface area contributed by atoms with Gasteiger partial charge in [-0.2, -0.15) is 0 Å². The number of nitro benzene ring substituents is 1. The first-order valence-electron chi connectivity index (χ1n) is 7.40. The molecule has 7 nitrogen and oxygen atoms in total. The Morgan fingerprint density at radius 3 is 2.48 bits per heavy atom. The number of hydrogen-bond donors (Lipinski definition) is 0. The van der Waals surface area contributed by atoms with E-state index >= 15 is 0 Å². The predicted molar refractivity (Wildman–Crippen MR) is 87.8 cm³/mol. The summed E-state index contributed by atoms with van der Waals surface area (Å²) in [5.74, 6) is -1.76. The Morgan fingerprint density at radius 1 is 1.20 bits per heavy atom. The minimum Gasteiger partial charge on any atom is -0.452 e. The van der Waals surface area contributed by atoms with E-state index < -0.39 is 29.2 Å². The average Bonchev–Trinajstić information content (AvgIpc) is 2.62. The molecule has 0 fully saturated rings. The van der Waals surface area contributed by atoms with E-state index in [1.807, 2.05) is 0 Å². The van der Waals surface area contributed by atoms with E-state index in [0.29, 0.717) is 12.2 Å². The summed E-state index contributed by atoms with van der Waals surface area (Å²) in [6.45, 7) is 1.50. The number of non-ortho nitro benzene ring substituents is 1. The van der Waals surface area contributed by atoms with Gasteiger partial charge in [-0.3, -0.25) is 14.9 Å². The first kappa shape index (κ1) is 18.1. The van der Waals surface area contributed by atoms with Crippen molar-refractivity contribution in [1.29, 1.82) is 0 Å². The number of rotatable bonds is 6. The summed E-state index contributed by atoms with van der Waals surface area (Å²) < 4.78 is 17.9. The van der Waals surface area contributed by atoms with Gasteiger partial charge in [0, 0.05) is 24.4 Å². The summed E-state index contributed by atoms with van der Waals surface area (Å²) in [5.41, 5.74) is 0.203. The SMILES string of the molecule is CCN(C(=O)COC(=O)c1cccc([N+](=O)[O-])c1)c1ccc(F)cc1. The molecule has 0 aromatic heterocycles. The van der Waals surface area contributed by atoms with Gasteiger partial charge in [-0.05, 0) is 37.3 Å². The second-order valence-corrected chi connectivity index (χ2v) is 5.00. The van der Waals surface area contributed by atoms with Crippen LogP contribution in [0.4, 0.5) is 15.8 Å². The van der Waals surface area contributed by atoms with Gasteiger partial charge >= 0.3 is 5.97 Å². The van der Waals surface area contributed by atoms with E-state index in [1.54, 1.807) is 6.92 Å². The molecular formula is C17H15FN2O5. The number of nitrogens with zero attached hydrogens (tertiary/aromatic N) is 2. The van der Waals surface area contributed by atoms with E-state index in [9.17, 15) is 24.1 Å². The number of nitro groups is 1. The Hall–Kier alpha value is -3.29. The second kappa shape index (κ2) is 8.00. The van der Waals surface area contributed by atoms with Crippen LogP contribution in [-0.4, -0.2) is 30.0 Å². The molecule has 0 heterocycles. The number of benzene rings is 2. The van der Waals surface area contributed by atoms with Crippen LogP contribution in [0.25, 0.3) is 0 Å². The van der Waals surface area contributed by atoms with Gasteiger partial charge in [0.05, 0.1) is 10.5 Å². The van der Waals surface area contributed by atoms with Crippen LogP contribution < -0.4 is 4.90 Å². The van der Waals surface area contributed by atoms with Crippen molar-refractivity contribution in [2.45, 2.75) is 6.92 Å². The minimum atomic E-state index is -0.841. The van der Waals surface area contributed by atoms with Crippen molar-refractivity contribution < 1.29 is 23.6 Å². The Labute approximate surface area is 142 Å². The van der Waals surface area contributed by atoms with Gasteiger partial charge in [0.15, 0.2) is 6.61 Å². The van der Waals surface area contributed by atoms with Crippen molar-refractivity contribution in [1.82, 2.24) is 0 Å². The van der Waals surface area contributed by atoms with Gasteiger partial charge in [-0.1, -0.05) is 6.07 Å². The number of anilines is 1. The number of carbonyl (C=O) groups is 2. The Balaban J connectivity index is 2.02. The number of ether oxygens (including phenoxy) is 1. The third kappa shape index (κ3) is 4.60. The fourth-order valence-corrected chi connectivity index (χ4v) is 2.16. The molecule has 8 heteroatoms. The molecule has 0 saturated heterocycles. The summed E-state index contributed by atoms with van der Waals surface area (Å²) in [4.78, 5) is 35.6. The zero-order valence-electron chi connectivity index (χ0n) is 13.3. The van der Waals surface area contributed by atoms with Crippen LogP contribution in [0.1, 0.15) is 17.3 Å². The maximum Gasteiger partial charge on any atom is 0.338 e. The molecule has 2 aromatic carbocycles. The molecule has 0 aliphatic rings. The van der Waals surface area contributed by atoms with Gasteiger partial charge in [-0.25, -0.2) is 9.18 Å². The predicted octanol–water partition coefficient (Wildman–Crippen LogP) is 2.94. The van der Waals surface area contributed by atoms with Crippen molar-refractivity contribution in [3.63, 3.8) is 0 Å². The maximum absolute atomic E-state index is 13.0. The van der Waals surface area contributed by atoms with Crippen LogP contribution in [0.3, 0.4) is 0 Å². The van der Waals surface area contributed by atoms with E-state index in [2.05, 4.69) is 0 Å². The number of hydrogen-bond acceptors (Lipinski definition) is 5. The lowest BCUT2D eigenvalue weighted by Gasteiger charge is -2.20. The standard InChI is InChI=1S/C17H15FN2O5/c1-2-19(14-8-6-13(18)7-9-14)16(21)11-25-17(22)12-4-3-5-15(10-12)20(23)24/h3-10H,2,11H2,1H3. The fraction of sp³-hybridized carbons (Fsp3) is 0.176. The third-order valence-corrected chi connectivity index (χ3v) is 3.37. The number of amides is 1. The van der Waals surface area contributed by atoms with Crippen molar-refractivity contribution in [2.75, 3.05) is 18.1 Å². The van der Waals surface area contributed by atoms with Crippen LogP contribution in [0.5, 0.6) is 0 Å². The van der Waals surface area contributed by atoms with Crippen LogP contribution in [0.2, 0.25) is 0 Å². The number of carbonyl (C=O) groups excluding carboxylic acids is 2. The van der Waals surface area contributed by atoms with Crippen molar-refractivity contribution in [2.24, 2.45) is 0 Å². The zero-order valence-corrected chi connectivity index (χ0v) is 13.3. The summed E-state index contributed by atoms with van der Waals surface area (Å²) in [6.07, 6.45) is 0. The maximum atomic E-state index is 13.0. The van der Waals surface area contributed by atoms with E-state index in [0.717, 1.165) is 6.07 Å². The smallest absolute Gasteiger partial charge is 0.338 e. The highest BCUT2D eigenvalue weighted by Crippen LogP contribution is 2.16. The Bertz CT molecular complexity index is 792. The van der Waals surface area contributed by atoms with Crippen LogP contribution in [-0.2, 0) is 9.53 Å². The molecule has 130 valence electrons. The van der Waals surface area contributed by atoms with Gasteiger partial charge in [0.1, 0.15) is 5.82 Å². The molecule has 0 aliphatic carbocycles. The summed E-state index contributed by atoms with van der Waals surface area (Å²) in [6, 6.07) is 10.4. The van der Waals surface area contributed by atoms with Gasteiger partial charge in [-0.15, -0.1) is 0 Å². The molecular weight excluding hydrogens is 331 g/mol. The van der Waals surface area contributed by atoms with Crippen LogP contribution >= 0.6 is 0 Å². The summed E-state index contributed by atoms with van der Waals surface area (Å²) >= 11 is 0. The molecule has 0 aliphatic heterocycles. The minimum absolute atomic E-state index is 0.0215. The lowest BCUT2D eigenvalue weighted by atomic mass is 10.2. The van der Waals surface area contributed by atoms with Crippen LogP contribution in [0, 0.1) is 15.9 Å². The van der Waals surface area contributed by atoms with Gasteiger partial charge in [0.2, 0.25) is 0 Å². The van der Waals surface area contributed by atoms with Gasteiger partial charge in [0.25, 0.3) is 11.6 Å². The molecule has 2 rings (SSSR count). The highest BCUT2D eigenvalue weighted by atomic mass is 19.1. The summed E-state index contributed by atoms with van der Waals surface area (Å²) in [5, 5.41) is 10.7. The monoisotopic (exact) mass is 346 g/mol. The lowest BCUT2D eigenvalue weighted by molar-refractivity contribution is -0.384. The van der Waals surface area contributed by atoms with E-state index in [-0.39, 0.29) is 11.3 Å². The average molecular weight is 346 g/mol. The number of esters is 1. The molecule has 25 heavy (non-hydrogen) atoms. The zero-order chi connectivity index (χ0) is 18.4. The molecule has 0 spiro atoms. The molecule has 0 bridgehead atoms. The van der Waals surface area contributed by atoms with Crippen LogP contribution in [0.15, 0.2) is 48.5 Å². The first-order valence-corrected chi connectivity index (χ1v) is 7.40. The quantitative estimate of drug-likeness (QED) is 0.456. The molecule has 0 N–H and O–H groups in total. The summed E-state index contributed by atoms with van der Waals surface area (Å²) in [7, 11) is 0. The molecule has 0 radical (unpaired) electrons. The molecule has 0 unspecified atom stereocenters. The second-order valence-electron chi connectivity index (χ2n) is 5.00. The molecule has 0 saturated carbocycles. The molecule has 1 amide bonds. The normalized spacial score (nSPS) is 10.2. The van der Waals surface area contributed by atoms with Crippen molar-refractivity contribution in [3.8, 4) is 0 Å². The Morgan fingerprint density at radius 2 is 1.88 bits per heavy atom. The lowest BCUT2D eigenvalue weighted by Crippen LogP contribution is -2.34. The highest BCUT2D eigenvalue weighted by molar-refractivity contribution is 5.97.